The lowest BCUT2D eigenvalue weighted by Gasteiger charge is -2.22. The van der Waals surface area contributed by atoms with Crippen molar-refractivity contribution in [1.29, 1.82) is 0 Å². The summed E-state index contributed by atoms with van der Waals surface area (Å²) in [5.74, 6) is -0.787. The Hall–Kier alpha value is -2.09. The number of amides is 1. The summed E-state index contributed by atoms with van der Waals surface area (Å²) in [4.78, 5) is 15.2. The molecule has 0 aliphatic heterocycles. The third kappa shape index (κ3) is 6.21. The first-order valence-corrected chi connectivity index (χ1v) is 12.0. The fourth-order valence-corrected chi connectivity index (χ4v) is 4.88. The summed E-state index contributed by atoms with van der Waals surface area (Å²) < 4.78 is 31.4. The van der Waals surface area contributed by atoms with E-state index in [1.54, 1.807) is 19.1 Å². The van der Waals surface area contributed by atoms with Gasteiger partial charge in [0.15, 0.2) is 0 Å². The van der Waals surface area contributed by atoms with E-state index in [-0.39, 0.29) is 24.1 Å². The molecule has 2 aromatic rings. The van der Waals surface area contributed by atoms with E-state index in [0.717, 1.165) is 28.8 Å². The van der Waals surface area contributed by atoms with Gasteiger partial charge in [0.1, 0.15) is 15.7 Å². The van der Waals surface area contributed by atoms with Crippen LogP contribution in [0.1, 0.15) is 67.3 Å². The van der Waals surface area contributed by atoms with Gasteiger partial charge in [-0.05, 0) is 78.9 Å². The molecule has 0 aliphatic rings. The van der Waals surface area contributed by atoms with Crippen LogP contribution in [0.5, 0.6) is 0 Å². The molecule has 7 heteroatoms. The summed E-state index contributed by atoms with van der Waals surface area (Å²) in [6, 6.07) is 8.47. The highest BCUT2D eigenvalue weighted by molar-refractivity contribution is 7.91. The summed E-state index contributed by atoms with van der Waals surface area (Å²) >= 11 is 0. The Morgan fingerprint density at radius 3 is 2.19 bits per heavy atom. The van der Waals surface area contributed by atoms with Crippen LogP contribution in [-0.2, 0) is 27.7 Å². The van der Waals surface area contributed by atoms with Crippen LogP contribution in [0.4, 0.5) is 4.39 Å². The smallest absolute Gasteiger partial charge is 0.259 e. The first-order chi connectivity index (χ1) is 14.3. The number of halogens is 1. The number of benzene rings is 2. The molecule has 1 atom stereocenters. The number of rotatable bonds is 7. The van der Waals surface area contributed by atoms with Crippen LogP contribution in [0.25, 0.3) is 0 Å². The number of nitrogens with two attached hydrogens (primary N) is 1. The Balaban J connectivity index is 2.44. The molecule has 0 saturated heterocycles. The molecule has 0 radical (unpaired) electrons. The van der Waals surface area contributed by atoms with Gasteiger partial charge in [-0.1, -0.05) is 39.8 Å². The maximum Gasteiger partial charge on any atom is 0.259 e. The molecule has 31 heavy (non-hydrogen) atoms. The van der Waals surface area contributed by atoms with Crippen molar-refractivity contribution in [3.63, 3.8) is 0 Å². The second-order valence-corrected chi connectivity index (χ2v) is 10.7. The second kappa shape index (κ2) is 10.0. The van der Waals surface area contributed by atoms with Crippen molar-refractivity contribution in [2.24, 2.45) is 9.50 Å². The van der Waals surface area contributed by atoms with Gasteiger partial charge in [0.25, 0.3) is 5.91 Å². The van der Waals surface area contributed by atoms with Crippen molar-refractivity contribution >= 4 is 15.8 Å². The largest absolute Gasteiger partial charge is 0.305 e. The molecular weight excluding hydrogens is 413 g/mol. The van der Waals surface area contributed by atoms with Crippen LogP contribution in [-0.4, -0.2) is 29.1 Å². The van der Waals surface area contributed by atoms with Crippen molar-refractivity contribution in [2.75, 3.05) is 14.1 Å². The summed E-state index contributed by atoms with van der Waals surface area (Å²) in [6.07, 6.45) is -0.0605. The quantitative estimate of drug-likeness (QED) is 0.655. The van der Waals surface area contributed by atoms with Crippen molar-refractivity contribution in [3.8, 4) is 0 Å². The summed E-state index contributed by atoms with van der Waals surface area (Å²) in [5.41, 5.74) is 3.91. The van der Waals surface area contributed by atoms with Crippen molar-refractivity contribution in [1.82, 2.24) is 4.90 Å². The van der Waals surface area contributed by atoms with Crippen LogP contribution in [0, 0.1) is 12.7 Å². The number of carbonyl (C=O) groups excluding carboxylic acids is 1. The van der Waals surface area contributed by atoms with Gasteiger partial charge >= 0.3 is 0 Å². The summed E-state index contributed by atoms with van der Waals surface area (Å²) in [7, 11) is 0.549. The predicted octanol–water partition coefficient (Wildman–Crippen LogP) is 4.91. The molecule has 0 spiro atoms. The first-order valence-electron chi connectivity index (χ1n) is 10.5. The molecule has 0 saturated carbocycles. The van der Waals surface area contributed by atoms with E-state index in [9.17, 15) is 13.4 Å². The molecular formula is C24H34FN3O2S. The molecule has 0 heterocycles. The Kier molecular flexibility index (Phi) is 8.14. The van der Waals surface area contributed by atoms with E-state index in [1.807, 2.05) is 58.8 Å². The van der Waals surface area contributed by atoms with Crippen molar-refractivity contribution in [2.45, 2.75) is 64.3 Å². The standard InChI is InChI=1S/C24H34FN3O2S/c1-15(2)20-12-22(25)17(5)24(16(3)4)21(20)13-23(29)27-31(26,30)19-10-8-18(9-11-19)14-28(6)7/h8-12,15-16H,13-14H2,1-7H3,(H2,26,27,29,30). The number of hydrogen-bond donors (Lipinski definition) is 1. The number of carbonyl (C=O) groups is 1. The average molecular weight is 448 g/mol. The van der Waals surface area contributed by atoms with E-state index < -0.39 is 15.8 Å². The molecule has 2 rings (SSSR count). The van der Waals surface area contributed by atoms with Crippen LogP contribution in [0.2, 0.25) is 0 Å². The molecule has 170 valence electrons. The normalized spacial score (nSPS) is 13.7. The zero-order valence-electron chi connectivity index (χ0n) is 19.5. The van der Waals surface area contributed by atoms with E-state index in [2.05, 4.69) is 4.36 Å². The van der Waals surface area contributed by atoms with Gasteiger partial charge in [-0.15, -0.1) is 4.36 Å². The van der Waals surface area contributed by atoms with Gasteiger partial charge in [-0.25, -0.2) is 13.7 Å². The Morgan fingerprint density at radius 1 is 1.13 bits per heavy atom. The molecule has 0 aromatic heterocycles. The Bertz CT molecular complexity index is 1070. The van der Waals surface area contributed by atoms with E-state index in [0.29, 0.717) is 10.5 Å². The van der Waals surface area contributed by atoms with E-state index in [4.69, 9.17) is 5.14 Å². The third-order valence-electron chi connectivity index (χ3n) is 5.24. The lowest BCUT2D eigenvalue weighted by Crippen LogP contribution is -2.18. The lowest BCUT2D eigenvalue weighted by atomic mass is 9.84. The molecule has 5 nitrogen and oxygen atoms in total. The molecule has 1 unspecified atom stereocenters. The molecule has 0 fully saturated rings. The van der Waals surface area contributed by atoms with E-state index >= 15 is 0 Å². The highest BCUT2D eigenvalue weighted by Crippen LogP contribution is 2.33. The maximum absolute atomic E-state index is 14.5. The van der Waals surface area contributed by atoms with Crippen molar-refractivity contribution < 1.29 is 13.4 Å². The third-order valence-corrected chi connectivity index (χ3v) is 6.67. The fraction of sp³-hybridized carbons (Fsp3) is 0.458. The molecule has 1 amide bonds. The number of hydrogen-bond acceptors (Lipinski definition) is 3. The average Bonchev–Trinajstić information content (AvgIpc) is 2.63. The van der Waals surface area contributed by atoms with Crippen molar-refractivity contribution in [3.05, 3.63) is 64.0 Å². The van der Waals surface area contributed by atoms with Crippen LogP contribution in [0.3, 0.4) is 0 Å². The molecule has 0 aliphatic carbocycles. The molecule has 0 bridgehead atoms. The minimum atomic E-state index is -3.37. The zero-order valence-corrected chi connectivity index (χ0v) is 20.3. The summed E-state index contributed by atoms with van der Waals surface area (Å²) in [5, 5.41) is 5.96. The monoisotopic (exact) mass is 447 g/mol. The van der Waals surface area contributed by atoms with Crippen LogP contribution in [0.15, 0.2) is 39.6 Å². The fourth-order valence-electron chi connectivity index (χ4n) is 3.88. The molecule has 2 aromatic carbocycles. The molecule has 2 N–H and O–H groups in total. The van der Waals surface area contributed by atoms with Gasteiger partial charge in [-0.2, -0.15) is 0 Å². The highest BCUT2D eigenvalue weighted by Gasteiger charge is 2.22. The van der Waals surface area contributed by atoms with Gasteiger partial charge in [0, 0.05) is 6.54 Å². The lowest BCUT2D eigenvalue weighted by molar-refractivity contribution is -0.117. The number of nitrogens with zero attached hydrogens (tertiary/aromatic N) is 2. The zero-order chi connectivity index (χ0) is 23.5. The maximum atomic E-state index is 14.5. The van der Waals surface area contributed by atoms with Crippen LogP contribution >= 0.6 is 0 Å². The SMILES string of the molecule is Cc1c(F)cc(C(C)C)c(CC(=O)N=S(N)(=O)c2ccc(CN(C)C)cc2)c1C(C)C. The van der Waals surface area contributed by atoms with Gasteiger partial charge in [0.05, 0.1) is 11.3 Å². The summed E-state index contributed by atoms with van der Waals surface area (Å²) in [6.45, 7) is 10.3. The van der Waals surface area contributed by atoms with Gasteiger partial charge < -0.3 is 4.90 Å². The minimum absolute atomic E-state index is 0.0295. The van der Waals surface area contributed by atoms with Gasteiger partial charge in [-0.3, -0.25) is 4.79 Å². The minimum Gasteiger partial charge on any atom is -0.305 e. The van der Waals surface area contributed by atoms with E-state index in [1.165, 1.54) is 6.07 Å². The second-order valence-electron chi connectivity index (χ2n) is 8.89. The predicted molar refractivity (Wildman–Crippen MR) is 125 cm³/mol. The highest BCUT2D eigenvalue weighted by atomic mass is 32.2. The topological polar surface area (TPSA) is 75.8 Å². The van der Waals surface area contributed by atoms with Gasteiger partial charge in [0.2, 0.25) is 0 Å². The Labute approximate surface area is 186 Å². The van der Waals surface area contributed by atoms with Crippen LogP contribution < -0.4 is 5.14 Å². The Morgan fingerprint density at radius 2 is 1.71 bits per heavy atom. The first kappa shape index (κ1) is 25.2.